The third-order valence-electron chi connectivity index (χ3n) is 3.41. The van der Waals surface area contributed by atoms with Crippen molar-refractivity contribution in [3.8, 4) is 0 Å². The molecular formula is C14H20N2OS. The minimum Gasteiger partial charge on any atom is -0.325 e. The van der Waals surface area contributed by atoms with E-state index in [1.165, 1.54) is 4.90 Å². The summed E-state index contributed by atoms with van der Waals surface area (Å²) in [6, 6.07) is 7.91. The third-order valence-corrected chi connectivity index (χ3v) is 4.15. The van der Waals surface area contributed by atoms with Crippen molar-refractivity contribution in [3.05, 3.63) is 24.3 Å². The van der Waals surface area contributed by atoms with Gasteiger partial charge in [-0.3, -0.25) is 4.79 Å². The van der Waals surface area contributed by atoms with Crippen LogP contribution in [-0.4, -0.2) is 24.7 Å². The Balaban J connectivity index is 1.97. The molecule has 2 unspecified atom stereocenters. The fraction of sp³-hybridized carbons (Fsp3) is 0.500. The summed E-state index contributed by atoms with van der Waals surface area (Å²) in [5.74, 6) is 0.489. The van der Waals surface area contributed by atoms with E-state index in [0.29, 0.717) is 5.92 Å². The highest BCUT2D eigenvalue weighted by atomic mass is 32.2. The summed E-state index contributed by atoms with van der Waals surface area (Å²) >= 11 is 1.70. The molecule has 18 heavy (non-hydrogen) atoms. The van der Waals surface area contributed by atoms with E-state index in [1.54, 1.807) is 11.8 Å². The van der Waals surface area contributed by atoms with Crippen molar-refractivity contribution < 1.29 is 4.79 Å². The highest BCUT2D eigenvalue weighted by molar-refractivity contribution is 7.98. The number of rotatable bonds is 3. The predicted octanol–water partition coefficient (Wildman–Crippen LogP) is 2.74. The molecule has 4 heteroatoms. The number of benzene rings is 1. The first kappa shape index (κ1) is 13.4. The number of anilines is 1. The second-order valence-corrected chi connectivity index (χ2v) is 5.65. The Morgan fingerprint density at radius 2 is 2.11 bits per heavy atom. The summed E-state index contributed by atoms with van der Waals surface area (Å²) in [6.45, 7) is 3.07. The van der Waals surface area contributed by atoms with Crippen LogP contribution in [0.1, 0.15) is 19.8 Å². The standard InChI is InChI=1S/C14H20N2OS/c1-10-4-3-9-15-13(10)14(17)16-11-5-7-12(18-2)8-6-11/h5-8,10,13,15H,3-4,9H2,1-2H3,(H,16,17). The normalized spacial score (nSPS) is 23.7. The number of hydrogen-bond acceptors (Lipinski definition) is 3. The number of thioether (sulfide) groups is 1. The Kier molecular flexibility index (Phi) is 4.66. The van der Waals surface area contributed by atoms with Gasteiger partial charge >= 0.3 is 0 Å². The highest BCUT2D eigenvalue weighted by Crippen LogP contribution is 2.20. The Bertz CT molecular complexity index is 405. The van der Waals surface area contributed by atoms with Crippen molar-refractivity contribution in [2.75, 3.05) is 18.1 Å². The molecule has 2 rings (SSSR count). The van der Waals surface area contributed by atoms with E-state index < -0.39 is 0 Å². The Morgan fingerprint density at radius 1 is 1.39 bits per heavy atom. The molecule has 2 N–H and O–H groups in total. The lowest BCUT2D eigenvalue weighted by atomic mass is 9.92. The number of carbonyl (C=O) groups excluding carboxylic acids is 1. The van der Waals surface area contributed by atoms with Gasteiger partial charge in [0.2, 0.25) is 5.91 Å². The molecule has 1 aliphatic rings. The van der Waals surface area contributed by atoms with Crippen LogP contribution in [0, 0.1) is 5.92 Å². The second kappa shape index (κ2) is 6.25. The maximum atomic E-state index is 12.2. The molecule has 0 saturated carbocycles. The molecule has 1 heterocycles. The topological polar surface area (TPSA) is 41.1 Å². The van der Waals surface area contributed by atoms with E-state index in [0.717, 1.165) is 25.1 Å². The van der Waals surface area contributed by atoms with Crippen molar-refractivity contribution in [2.24, 2.45) is 5.92 Å². The van der Waals surface area contributed by atoms with E-state index in [9.17, 15) is 4.79 Å². The van der Waals surface area contributed by atoms with E-state index >= 15 is 0 Å². The number of piperidine rings is 1. The van der Waals surface area contributed by atoms with Crippen molar-refractivity contribution in [1.82, 2.24) is 5.32 Å². The summed E-state index contributed by atoms with van der Waals surface area (Å²) in [4.78, 5) is 13.4. The van der Waals surface area contributed by atoms with Crippen LogP contribution in [0.2, 0.25) is 0 Å². The second-order valence-electron chi connectivity index (χ2n) is 4.77. The van der Waals surface area contributed by atoms with Gasteiger partial charge in [0.05, 0.1) is 6.04 Å². The lowest BCUT2D eigenvalue weighted by Gasteiger charge is -2.28. The van der Waals surface area contributed by atoms with Crippen LogP contribution in [0.4, 0.5) is 5.69 Å². The summed E-state index contributed by atoms with van der Waals surface area (Å²) in [5, 5.41) is 6.28. The molecule has 2 atom stereocenters. The quantitative estimate of drug-likeness (QED) is 0.825. The first-order chi connectivity index (χ1) is 8.70. The summed E-state index contributed by atoms with van der Waals surface area (Å²) < 4.78 is 0. The fourth-order valence-electron chi connectivity index (χ4n) is 2.29. The van der Waals surface area contributed by atoms with E-state index in [1.807, 2.05) is 30.5 Å². The van der Waals surface area contributed by atoms with Crippen LogP contribution in [0.25, 0.3) is 0 Å². The lowest BCUT2D eigenvalue weighted by molar-refractivity contribution is -0.119. The van der Waals surface area contributed by atoms with Gasteiger partial charge in [-0.25, -0.2) is 0 Å². The maximum absolute atomic E-state index is 12.2. The van der Waals surface area contributed by atoms with Crippen LogP contribution in [0.3, 0.4) is 0 Å². The van der Waals surface area contributed by atoms with E-state index in [4.69, 9.17) is 0 Å². The zero-order chi connectivity index (χ0) is 13.0. The number of nitrogens with one attached hydrogen (secondary N) is 2. The van der Waals surface area contributed by atoms with E-state index in [2.05, 4.69) is 17.6 Å². The highest BCUT2D eigenvalue weighted by Gasteiger charge is 2.27. The maximum Gasteiger partial charge on any atom is 0.241 e. The predicted molar refractivity (Wildman–Crippen MR) is 77.0 cm³/mol. The van der Waals surface area contributed by atoms with Gasteiger partial charge in [0.1, 0.15) is 0 Å². The van der Waals surface area contributed by atoms with E-state index in [-0.39, 0.29) is 11.9 Å². The van der Waals surface area contributed by atoms with Crippen LogP contribution in [0.15, 0.2) is 29.2 Å². The molecule has 0 bridgehead atoms. The van der Waals surface area contributed by atoms with Crippen molar-refractivity contribution >= 4 is 23.4 Å². The molecule has 98 valence electrons. The van der Waals surface area contributed by atoms with Gasteiger partial charge in [-0.2, -0.15) is 0 Å². The molecule has 0 aromatic heterocycles. The van der Waals surface area contributed by atoms with Crippen LogP contribution in [-0.2, 0) is 4.79 Å². The smallest absolute Gasteiger partial charge is 0.241 e. The van der Waals surface area contributed by atoms with Gasteiger partial charge in [0.15, 0.2) is 0 Å². The zero-order valence-corrected chi connectivity index (χ0v) is 11.7. The first-order valence-corrected chi connectivity index (χ1v) is 7.61. The molecule has 1 aromatic carbocycles. The largest absolute Gasteiger partial charge is 0.325 e. The Hall–Kier alpha value is -1.00. The summed E-state index contributed by atoms with van der Waals surface area (Å²) in [5.41, 5.74) is 0.873. The molecule has 1 aliphatic heterocycles. The SMILES string of the molecule is CSc1ccc(NC(=O)C2NCCCC2C)cc1. The molecule has 1 fully saturated rings. The Labute approximate surface area is 113 Å². The average Bonchev–Trinajstić information content (AvgIpc) is 2.40. The van der Waals surface area contributed by atoms with Gasteiger partial charge in [0.25, 0.3) is 0 Å². The number of amides is 1. The molecule has 0 spiro atoms. The molecule has 1 saturated heterocycles. The molecular weight excluding hydrogens is 244 g/mol. The van der Waals surface area contributed by atoms with Gasteiger partial charge in [-0.1, -0.05) is 6.92 Å². The monoisotopic (exact) mass is 264 g/mol. The first-order valence-electron chi connectivity index (χ1n) is 6.39. The average molecular weight is 264 g/mol. The van der Waals surface area contributed by atoms with Gasteiger partial charge in [-0.05, 0) is 55.8 Å². The van der Waals surface area contributed by atoms with Crippen molar-refractivity contribution in [3.63, 3.8) is 0 Å². The van der Waals surface area contributed by atoms with Gasteiger partial charge in [-0.15, -0.1) is 11.8 Å². The minimum absolute atomic E-state index is 0.0565. The molecule has 1 aromatic rings. The molecule has 0 radical (unpaired) electrons. The molecule has 1 amide bonds. The lowest BCUT2D eigenvalue weighted by Crippen LogP contribution is -2.48. The molecule has 3 nitrogen and oxygen atoms in total. The Morgan fingerprint density at radius 3 is 2.72 bits per heavy atom. The zero-order valence-electron chi connectivity index (χ0n) is 10.9. The van der Waals surface area contributed by atoms with Crippen molar-refractivity contribution in [2.45, 2.75) is 30.7 Å². The third kappa shape index (κ3) is 3.27. The van der Waals surface area contributed by atoms with Crippen molar-refractivity contribution in [1.29, 1.82) is 0 Å². The summed E-state index contributed by atoms with van der Waals surface area (Å²) in [7, 11) is 0. The molecule has 0 aliphatic carbocycles. The number of carbonyl (C=O) groups is 1. The number of hydrogen-bond donors (Lipinski definition) is 2. The fourth-order valence-corrected chi connectivity index (χ4v) is 2.70. The van der Waals surface area contributed by atoms with Crippen LogP contribution < -0.4 is 10.6 Å². The van der Waals surface area contributed by atoms with Gasteiger partial charge < -0.3 is 10.6 Å². The van der Waals surface area contributed by atoms with Crippen LogP contribution >= 0.6 is 11.8 Å². The van der Waals surface area contributed by atoms with Crippen LogP contribution in [0.5, 0.6) is 0 Å². The minimum atomic E-state index is -0.0565. The summed E-state index contributed by atoms with van der Waals surface area (Å²) in [6.07, 6.45) is 4.32. The van der Waals surface area contributed by atoms with Gasteiger partial charge in [0, 0.05) is 10.6 Å².